The number of nitrogens with one attached hydrogen (secondary N) is 2. The van der Waals surface area contributed by atoms with Crippen LogP contribution in [0.15, 0.2) is 60.8 Å². The van der Waals surface area contributed by atoms with E-state index in [0.29, 0.717) is 23.8 Å². The smallest absolute Gasteiger partial charge is 0.253 e. The van der Waals surface area contributed by atoms with Crippen LogP contribution in [0.25, 0.3) is 0 Å². The highest BCUT2D eigenvalue weighted by atomic mass is 16.2. The van der Waals surface area contributed by atoms with E-state index in [1.807, 2.05) is 53.4 Å². The fraction of sp³-hybridized carbons (Fsp3) is 0.250. The largest absolute Gasteiger partial charge is 0.340 e. The molecule has 2 aromatic carbocycles. The van der Waals surface area contributed by atoms with Crippen LogP contribution >= 0.6 is 0 Å². The number of nitriles is 1. The number of carbonyl (C=O) groups excluding carboxylic acids is 1. The van der Waals surface area contributed by atoms with Crippen molar-refractivity contribution in [2.75, 3.05) is 43.9 Å². The molecule has 0 unspecified atom stereocenters. The third kappa shape index (κ3) is 5.39. The highest BCUT2D eigenvalue weighted by Gasteiger charge is 2.20. The molecule has 4 rings (SSSR count). The summed E-state index contributed by atoms with van der Waals surface area (Å²) in [5.41, 5.74) is 3.27. The maximum Gasteiger partial charge on any atom is 0.253 e. The molecule has 1 saturated heterocycles. The van der Waals surface area contributed by atoms with Crippen LogP contribution < -0.4 is 10.6 Å². The Hall–Kier alpha value is -3.96. The second kappa shape index (κ2) is 9.90. The van der Waals surface area contributed by atoms with Crippen molar-refractivity contribution >= 4 is 29.0 Å². The van der Waals surface area contributed by atoms with Crippen LogP contribution in [0.3, 0.4) is 0 Å². The molecule has 0 radical (unpaired) electrons. The summed E-state index contributed by atoms with van der Waals surface area (Å²) in [4.78, 5) is 25.6. The SMILES string of the molecule is CN1CCN(C(=O)c2ccc(Nc3nccc(Nc4cccc(CC#N)c4)n3)cc2)CC1. The summed E-state index contributed by atoms with van der Waals surface area (Å²) in [7, 11) is 2.07. The molecule has 0 bridgehead atoms. The van der Waals surface area contributed by atoms with Crippen molar-refractivity contribution in [3.05, 3.63) is 71.9 Å². The number of rotatable bonds is 6. The Kier molecular flexibility index (Phi) is 6.58. The highest BCUT2D eigenvalue weighted by Crippen LogP contribution is 2.19. The number of carbonyl (C=O) groups is 1. The number of benzene rings is 2. The van der Waals surface area contributed by atoms with Gasteiger partial charge in [-0.1, -0.05) is 12.1 Å². The number of likely N-dealkylation sites (N-methyl/N-ethyl adjacent to an activating group) is 1. The molecule has 1 aromatic heterocycles. The molecule has 0 atom stereocenters. The maximum absolute atomic E-state index is 12.7. The van der Waals surface area contributed by atoms with Gasteiger partial charge in [0.05, 0.1) is 12.5 Å². The first kappa shape index (κ1) is 21.3. The molecule has 2 heterocycles. The first-order chi connectivity index (χ1) is 15.6. The molecule has 8 heteroatoms. The van der Waals surface area contributed by atoms with E-state index in [4.69, 9.17) is 5.26 Å². The fourth-order valence-corrected chi connectivity index (χ4v) is 3.50. The monoisotopic (exact) mass is 427 g/mol. The van der Waals surface area contributed by atoms with Crippen LogP contribution in [0.4, 0.5) is 23.1 Å². The molecule has 0 spiro atoms. The topological polar surface area (TPSA) is 97.2 Å². The van der Waals surface area contributed by atoms with Crippen LogP contribution in [0, 0.1) is 11.3 Å². The van der Waals surface area contributed by atoms with E-state index in [-0.39, 0.29) is 5.91 Å². The number of piperazine rings is 1. The molecule has 32 heavy (non-hydrogen) atoms. The van der Waals surface area contributed by atoms with Gasteiger partial charge in [0.2, 0.25) is 5.95 Å². The molecule has 1 fully saturated rings. The minimum absolute atomic E-state index is 0.0609. The first-order valence-corrected chi connectivity index (χ1v) is 10.5. The minimum atomic E-state index is 0.0609. The maximum atomic E-state index is 12.7. The summed E-state index contributed by atoms with van der Waals surface area (Å²) in [5, 5.41) is 15.3. The van der Waals surface area contributed by atoms with Crippen molar-refractivity contribution in [3.8, 4) is 6.07 Å². The zero-order chi connectivity index (χ0) is 22.3. The van der Waals surface area contributed by atoms with E-state index in [2.05, 4.69) is 38.6 Å². The zero-order valence-corrected chi connectivity index (χ0v) is 18.0. The van der Waals surface area contributed by atoms with E-state index < -0.39 is 0 Å². The summed E-state index contributed by atoms with van der Waals surface area (Å²) >= 11 is 0. The van der Waals surface area contributed by atoms with E-state index in [0.717, 1.165) is 43.1 Å². The van der Waals surface area contributed by atoms with Gasteiger partial charge in [-0.3, -0.25) is 4.79 Å². The Labute approximate surface area is 187 Å². The molecular weight excluding hydrogens is 402 g/mol. The van der Waals surface area contributed by atoms with Gasteiger partial charge >= 0.3 is 0 Å². The Morgan fingerprint density at radius 1 is 1.03 bits per heavy atom. The van der Waals surface area contributed by atoms with Gasteiger partial charge in [0, 0.05) is 49.3 Å². The van der Waals surface area contributed by atoms with E-state index in [1.165, 1.54) is 0 Å². The van der Waals surface area contributed by atoms with Crippen LogP contribution in [-0.2, 0) is 6.42 Å². The van der Waals surface area contributed by atoms with Crippen molar-refractivity contribution in [1.29, 1.82) is 5.26 Å². The molecular formula is C24H25N7O. The van der Waals surface area contributed by atoms with E-state index in [9.17, 15) is 4.79 Å². The number of aromatic nitrogens is 2. The quantitative estimate of drug-likeness (QED) is 0.622. The lowest BCUT2D eigenvalue weighted by molar-refractivity contribution is 0.0664. The average molecular weight is 428 g/mol. The third-order valence-electron chi connectivity index (χ3n) is 5.32. The molecule has 1 amide bonds. The summed E-state index contributed by atoms with van der Waals surface area (Å²) in [6.45, 7) is 3.30. The molecule has 1 aliphatic heterocycles. The summed E-state index contributed by atoms with van der Waals surface area (Å²) in [5.74, 6) is 1.14. The predicted molar refractivity (Wildman–Crippen MR) is 124 cm³/mol. The Morgan fingerprint density at radius 2 is 1.81 bits per heavy atom. The van der Waals surface area contributed by atoms with Gasteiger partial charge in [-0.15, -0.1) is 0 Å². The van der Waals surface area contributed by atoms with Crippen molar-refractivity contribution in [1.82, 2.24) is 19.8 Å². The van der Waals surface area contributed by atoms with Gasteiger partial charge < -0.3 is 20.4 Å². The first-order valence-electron chi connectivity index (χ1n) is 10.5. The fourth-order valence-electron chi connectivity index (χ4n) is 3.50. The number of hydrogen-bond donors (Lipinski definition) is 2. The molecule has 0 saturated carbocycles. The zero-order valence-electron chi connectivity index (χ0n) is 18.0. The standard InChI is InChI=1S/C24H25N7O/c1-30-13-15-31(16-14-30)23(32)19-5-7-20(8-6-19)28-24-26-12-10-22(29-24)27-21-4-2-3-18(17-21)9-11-25/h2-8,10,12,17H,9,13-16H2,1H3,(H2,26,27,28,29). The van der Waals surface area contributed by atoms with Crippen molar-refractivity contribution < 1.29 is 4.79 Å². The molecule has 1 aliphatic rings. The summed E-state index contributed by atoms with van der Waals surface area (Å²) < 4.78 is 0. The van der Waals surface area contributed by atoms with Gasteiger partial charge in [-0.05, 0) is 55.1 Å². The number of anilines is 4. The van der Waals surface area contributed by atoms with Gasteiger partial charge in [0.1, 0.15) is 5.82 Å². The normalized spacial score (nSPS) is 13.9. The van der Waals surface area contributed by atoms with Crippen LogP contribution in [0.1, 0.15) is 15.9 Å². The molecule has 8 nitrogen and oxygen atoms in total. The second-order valence-corrected chi connectivity index (χ2v) is 7.72. The summed E-state index contributed by atoms with van der Waals surface area (Å²) in [6.07, 6.45) is 2.03. The lowest BCUT2D eigenvalue weighted by atomic mass is 10.1. The lowest BCUT2D eigenvalue weighted by Crippen LogP contribution is -2.47. The number of amides is 1. The lowest BCUT2D eigenvalue weighted by Gasteiger charge is -2.32. The predicted octanol–water partition coefficient (Wildman–Crippen LogP) is 3.42. The van der Waals surface area contributed by atoms with E-state index in [1.54, 1.807) is 12.3 Å². The van der Waals surface area contributed by atoms with Gasteiger partial charge in [0.15, 0.2) is 0 Å². The molecule has 0 aliphatic carbocycles. The number of hydrogen-bond acceptors (Lipinski definition) is 7. The van der Waals surface area contributed by atoms with Gasteiger partial charge in [-0.2, -0.15) is 10.2 Å². The van der Waals surface area contributed by atoms with Crippen molar-refractivity contribution in [2.24, 2.45) is 0 Å². The molecule has 162 valence electrons. The van der Waals surface area contributed by atoms with Gasteiger partial charge in [0.25, 0.3) is 5.91 Å². The van der Waals surface area contributed by atoms with Crippen LogP contribution in [0.2, 0.25) is 0 Å². The van der Waals surface area contributed by atoms with Gasteiger partial charge in [-0.25, -0.2) is 4.98 Å². The Bertz CT molecular complexity index is 1120. The van der Waals surface area contributed by atoms with Crippen molar-refractivity contribution in [3.63, 3.8) is 0 Å². The molecule has 2 N–H and O–H groups in total. The average Bonchev–Trinajstić information content (AvgIpc) is 2.80. The Morgan fingerprint density at radius 3 is 2.56 bits per heavy atom. The minimum Gasteiger partial charge on any atom is -0.340 e. The number of nitrogens with zero attached hydrogens (tertiary/aromatic N) is 5. The highest BCUT2D eigenvalue weighted by molar-refractivity contribution is 5.94. The Balaban J connectivity index is 1.40. The second-order valence-electron chi connectivity index (χ2n) is 7.72. The van der Waals surface area contributed by atoms with Crippen molar-refractivity contribution in [2.45, 2.75) is 6.42 Å². The summed E-state index contributed by atoms with van der Waals surface area (Å²) in [6, 6.07) is 19.0. The van der Waals surface area contributed by atoms with Crippen LogP contribution in [0.5, 0.6) is 0 Å². The molecule has 3 aromatic rings. The third-order valence-corrected chi connectivity index (χ3v) is 5.32. The van der Waals surface area contributed by atoms with Crippen LogP contribution in [-0.4, -0.2) is 58.9 Å². The van der Waals surface area contributed by atoms with E-state index >= 15 is 0 Å².